The quantitative estimate of drug-likeness (QED) is 0.204. The molecule has 0 aliphatic rings. The van der Waals surface area contributed by atoms with E-state index in [-0.39, 0.29) is 5.56 Å². The Morgan fingerprint density at radius 3 is 2.31 bits per heavy atom. The van der Waals surface area contributed by atoms with Crippen molar-refractivity contribution in [1.29, 1.82) is 0 Å². The fourth-order valence-electron chi connectivity index (χ4n) is 4.56. The van der Waals surface area contributed by atoms with Gasteiger partial charge in [-0.15, -0.1) is 10.2 Å². The molecule has 0 spiro atoms. The summed E-state index contributed by atoms with van der Waals surface area (Å²) in [5, 5.41) is 15.0. The van der Waals surface area contributed by atoms with Crippen LogP contribution in [0.15, 0.2) is 72.8 Å². The number of hydrogen-bond donors (Lipinski definition) is 1. The van der Waals surface area contributed by atoms with E-state index in [1.54, 1.807) is 26.8 Å². The van der Waals surface area contributed by atoms with Gasteiger partial charge in [-0.2, -0.15) is 5.21 Å². The van der Waals surface area contributed by atoms with Gasteiger partial charge < -0.3 is 14.2 Å². The molecule has 0 saturated heterocycles. The lowest BCUT2D eigenvalue weighted by atomic mass is 9.99. The van der Waals surface area contributed by atoms with Crippen LogP contribution >= 0.6 is 0 Å². The minimum absolute atomic E-state index is 0.208. The van der Waals surface area contributed by atoms with Crippen molar-refractivity contribution in [2.45, 2.75) is 46.1 Å². The summed E-state index contributed by atoms with van der Waals surface area (Å²) in [4.78, 5) is 30.6. The van der Waals surface area contributed by atoms with Gasteiger partial charge >= 0.3 is 11.9 Å². The van der Waals surface area contributed by atoms with E-state index in [1.165, 1.54) is 0 Å². The number of carbonyl (C=O) groups excluding carboxylic acids is 2. The number of para-hydroxylation sites is 1. The lowest BCUT2D eigenvalue weighted by Crippen LogP contribution is -2.27. The molecule has 0 aliphatic heterocycles. The Labute approximate surface area is 243 Å². The fraction of sp³-hybridized carbons (Fsp3) is 0.250. The molecule has 42 heavy (non-hydrogen) atoms. The van der Waals surface area contributed by atoms with Crippen LogP contribution in [0.2, 0.25) is 0 Å². The number of H-pyrrole nitrogens is 1. The van der Waals surface area contributed by atoms with Gasteiger partial charge in [-0.3, -0.25) is 0 Å². The number of rotatable bonds is 9. The Bertz CT molecular complexity index is 1710. The van der Waals surface area contributed by atoms with Crippen LogP contribution in [0.4, 0.5) is 0 Å². The molecular formula is C32H31N5O5. The van der Waals surface area contributed by atoms with Crippen molar-refractivity contribution in [1.82, 2.24) is 25.6 Å². The number of fused-ring (bicyclic) bond motifs is 1. The number of pyridine rings is 1. The monoisotopic (exact) mass is 565 g/mol. The van der Waals surface area contributed by atoms with E-state index < -0.39 is 24.1 Å². The Balaban J connectivity index is 1.50. The first-order valence-corrected chi connectivity index (χ1v) is 13.6. The molecule has 0 amide bonds. The van der Waals surface area contributed by atoms with E-state index in [2.05, 4.69) is 20.6 Å². The van der Waals surface area contributed by atoms with Gasteiger partial charge in [0.15, 0.2) is 12.4 Å². The maximum absolute atomic E-state index is 13.5. The van der Waals surface area contributed by atoms with Gasteiger partial charge in [-0.05, 0) is 61.7 Å². The number of tetrazole rings is 1. The smallest absolute Gasteiger partial charge is 0.344 e. The predicted molar refractivity (Wildman–Crippen MR) is 157 cm³/mol. The number of carbonyl (C=O) groups is 2. The SMILES string of the molecule is CCCc1nc2ccccc2c(C(=O)OCC(=O)OC(C)(C)C)c1Oc1ccc(-c2ccccc2-c2nn[nH]n2)cc1. The summed E-state index contributed by atoms with van der Waals surface area (Å²) < 4.78 is 17.1. The van der Waals surface area contributed by atoms with Gasteiger partial charge in [0.05, 0.1) is 11.2 Å². The molecule has 2 aromatic heterocycles. The van der Waals surface area contributed by atoms with E-state index in [0.29, 0.717) is 40.3 Å². The number of aromatic amines is 1. The molecule has 2 heterocycles. The molecule has 0 aliphatic carbocycles. The van der Waals surface area contributed by atoms with E-state index in [1.807, 2.05) is 73.7 Å². The molecule has 10 nitrogen and oxygen atoms in total. The third kappa shape index (κ3) is 6.43. The molecule has 0 unspecified atom stereocenters. The topological polar surface area (TPSA) is 129 Å². The molecule has 0 saturated carbocycles. The summed E-state index contributed by atoms with van der Waals surface area (Å²) in [6, 6.07) is 22.5. The number of nitrogens with one attached hydrogen (secondary N) is 1. The number of nitrogens with zero attached hydrogens (tertiary/aromatic N) is 4. The number of benzene rings is 3. The fourth-order valence-corrected chi connectivity index (χ4v) is 4.56. The van der Waals surface area contributed by atoms with Crippen molar-refractivity contribution in [3.05, 3.63) is 84.1 Å². The van der Waals surface area contributed by atoms with Gasteiger partial charge in [0.1, 0.15) is 16.9 Å². The Morgan fingerprint density at radius 2 is 1.62 bits per heavy atom. The third-order valence-electron chi connectivity index (χ3n) is 6.25. The maximum Gasteiger partial charge on any atom is 0.344 e. The number of hydrogen-bond acceptors (Lipinski definition) is 9. The van der Waals surface area contributed by atoms with Crippen LogP contribution in [-0.4, -0.2) is 49.8 Å². The minimum Gasteiger partial charge on any atom is -0.457 e. The second-order valence-electron chi connectivity index (χ2n) is 10.6. The molecule has 0 atom stereocenters. The van der Waals surface area contributed by atoms with Gasteiger partial charge in [-0.1, -0.05) is 67.9 Å². The zero-order valence-corrected chi connectivity index (χ0v) is 23.9. The first-order chi connectivity index (χ1) is 20.2. The van der Waals surface area contributed by atoms with Gasteiger partial charge in [0.25, 0.3) is 0 Å². The molecule has 5 rings (SSSR count). The van der Waals surface area contributed by atoms with Crippen molar-refractivity contribution < 1.29 is 23.8 Å². The average molecular weight is 566 g/mol. The normalized spacial score (nSPS) is 11.3. The summed E-state index contributed by atoms with van der Waals surface area (Å²) in [5.74, 6) is -0.0392. The molecule has 0 fully saturated rings. The average Bonchev–Trinajstić information content (AvgIpc) is 3.51. The molecule has 214 valence electrons. The summed E-state index contributed by atoms with van der Waals surface area (Å²) in [6.07, 6.45) is 1.35. The molecule has 5 aromatic rings. The zero-order valence-electron chi connectivity index (χ0n) is 23.9. The molecule has 10 heteroatoms. The first kappa shape index (κ1) is 28.4. The van der Waals surface area contributed by atoms with Crippen molar-refractivity contribution in [3.63, 3.8) is 0 Å². The maximum atomic E-state index is 13.5. The largest absolute Gasteiger partial charge is 0.457 e. The highest BCUT2D eigenvalue weighted by Gasteiger charge is 2.26. The highest BCUT2D eigenvalue weighted by atomic mass is 16.6. The summed E-state index contributed by atoms with van der Waals surface area (Å²) in [5.41, 5.74) is 3.44. The second-order valence-corrected chi connectivity index (χ2v) is 10.6. The number of aromatic nitrogens is 5. The zero-order chi connectivity index (χ0) is 29.7. The Hall–Kier alpha value is -5.12. The predicted octanol–water partition coefficient (Wildman–Crippen LogP) is 6.33. The van der Waals surface area contributed by atoms with E-state index in [9.17, 15) is 9.59 Å². The number of esters is 2. The van der Waals surface area contributed by atoms with Crippen LogP contribution in [0.5, 0.6) is 11.5 Å². The van der Waals surface area contributed by atoms with Gasteiger partial charge in [-0.25, -0.2) is 14.6 Å². The molecular weight excluding hydrogens is 534 g/mol. The molecule has 1 N–H and O–H groups in total. The van der Waals surface area contributed by atoms with Crippen LogP contribution in [-0.2, 0) is 20.7 Å². The molecule has 0 radical (unpaired) electrons. The third-order valence-corrected chi connectivity index (χ3v) is 6.25. The minimum atomic E-state index is -0.701. The van der Waals surface area contributed by atoms with Gasteiger partial charge in [0.2, 0.25) is 5.82 Å². The van der Waals surface area contributed by atoms with Crippen LogP contribution in [0, 0.1) is 0 Å². The number of ether oxygens (including phenoxy) is 3. The summed E-state index contributed by atoms with van der Waals surface area (Å²) >= 11 is 0. The van der Waals surface area contributed by atoms with E-state index in [0.717, 1.165) is 23.1 Å². The van der Waals surface area contributed by atoms with Gasteiger partial charge in [0, 0.05) is 10.9 Å². The van der Waals surface area contributed by atoms with Crippen LogP contribution < -0.4 is 4.74 Å². The summed E-state index contributed by atoms with van der Waals surface area (Å²) in [7, 11) is 0. The van der Waals surface area contributed by atoms with Crippen molar-refractivity contribution in [2.24, 2.45) is 0 Å². The van der Waals surface area contributed by atoms with Crippen LogP contribution in [0.1, 0.15) is 50.2 Å². The van der Waals surface area contributed by atoms with Crippen LogP contribution in [0.3, 0.4) is 0 Å². The number of aryl methyl sites for hydroxylation is 1. The van der Waals surface area contributed by atoms with Crippen LogP contribution in [0.25, 0.3) is 33.4 Å². The van der Waals surface area contributed by atoms with E-state index in [4.69, 9.17) is 19.2 Å². The van der Waals surface area contributed by atoms with Crippen molar-refractivity contribution >= 4 is 22.8 Å². The van der Waals surface area contributed by atoms with Crippen molar-refractivity contribution in [3.8, 4) is 34.0 Å². The molecule has 3 aromatic carbocycles. The highest BCUT2D eigenvalue weighted by Crippen LogP contribution is 2.36. The highest BCUT2D eigenvalue weighted by molar-refractivity contribution is 6.06. The van der Waals surface area contributed by atoms with E-state index >= 15 is 0 Å². The first-order valence-electron chi connectivity index (χ1n) is 13.6. The Kier molecular flexibility index (Phi) is 8.24. The van der Waals surface area contributed by atoms with Crippen molar-refractivity contribution in [2.75, 3.05) is 6.61 Å². The Morgan fingerprint density at radius 1 is 0.905 bits per heavy atom. The molecule has 0 bridgehead atoms. The standard InChI is InChI=1S/C32H31N5O5/c1-5-10-26-29(28(24-13-8-9-14-25(24)33-26)31(39)40-19-27(38)42-32(2,3)4)41-21-17-15-20(16-18-21)22-11-6-7-12-23(22)30-34-36-37-35-30/h6-9,11-18H,5,10,19H2,1-4H3,(H,34,35,36,37). The summed E-state index contributed by atoms with van der Waals surface area (Å²) in [6.45, 7) is 6.75. The lowest BCUT2D eigenvalue weighted by molar-refractivity contribution is -0.158. The lowest BCUT2D eigenvalue weighted by Gasteiger charge is -2.20. The second kappa shape index (κ2) is 12.2.